The number of halogens is 1. The van der Waals surface area contributed by atoms with Crippen LogP contribution in [0.5, 0.6) is 0 Å². The van der Waals surface area contributed by atoms with Crippen molar-refractivity contribution in [1.29, 1.82) is 0 Å². The minimum Gasteiger partial charge on any atom is -0.394 e. The van der Waals surface area contributed by atoms with Crippen molar-refractivity contribution >= 4 is 0 Å². The van der Waals surface area contributed by atoms with Gasteiger partial charge in [0.2, 0.25) is 0 Å². The van der Waals surface area contributed by atoms with E-state index in [-0.39, 0.29) is 19.9 Å². The lowest BCUT2D eigenvalue weighted by Crippen LogP contribution is -2.47. The van der Waals surface area contributed by atoms with Crippen molar-refractivity contribution in [2.75, 3.05) is 19.9 Å². The van der Waals surface area contributed by atoms with E-state index in [9.17, 15) is 14.6 Å². The van der Waals surface area contributed by atoms with Crippen molar-refractivity contribution in [2.45, 2.75) is 89.0 Å². The molecular formula is C23H40FNO2. The summed E-state index contributed by atoms with van der Waals surface area (Å²) in [6.07, 6.45) is 14.5. The Morgan fingerprint density at radius 1 is 0.667 bits per heavy atom. The van der Waals surface area contributed by atoms with Gasteiger partial charge in [-0.1, -0.05) is 75.6 Å². The fraction of sp³-hybridized carbons (Fsp3) is 0.739. The predicted molar refractivity (Wildman–Crippen MR) is 112 cm³/mol. The van der Waals surface area contributed by atoms with Crippen LogP contribution in [-0.2, 0) is 12.8 Å². The summed E-state index contributed by atoms with van der Waals surface area (Å²) in [5.41, 5.74) is 7.60. The van der Waals surface area contributed by atoms with Crippen molar-refractivity contribution in [3.8, 4) is 0 Å². The number of hydrogen-bond donors (Lipinski definition) is 3. The van der Waals surface area contributed by atoms with Gasteiger partial charge in [0.15, 0.2) is 0 Å². The second-order valence-electron chi connectivity index (χ2n) is 7.97. The number of nitrogens with two attached hydrogens (primary N) is 1. The summed E-state index contributed by atoms with van der Waals surface area (Å²) in [5, 5.41) is 18.5. The molecule has 0 radical (unpaired) electrons. The number of aliphatic hydroxyl groups is 2. The number of rotatable bonds is 17. The molecule has 156 valence electrons. The molecule has 1 aromatic carbocycles. The van der Waals surface area contributed by atoms with Crippen molar-refractivity contribution in [2.24, 2.45) is 5.73 Å². The highest BCUT2D eigenvalue weighted by atomic mass is 19.1. The van der Waals surface area contributed by atoms with E-state index in [1.54, 1.807) is 0 Å². The zero-order valence-corrected chi connectivity index (χ0v) is 17.0. The van der Waals surface area contributed by atoms with Gasteiger partial charge < -0.3 is 15.9 Å². The molecule has 0 saturated heterocycles. The minimum atomic E-state index is -0.882. The molecule has 1 rings (SSSR count). The molecule has 0 unspecified atom stereocenters. The normalized spacial score (nSPS) is 11.9. The van der Waals surface area contributed by atoms with Crippen LogP contribution in [0.3, 0.4) is 0 Å². The van der Waals surface area contributed by atoms with Crippen LogP contribution in [0, 0.1) is 0 Å². The van der Waals surface area contributed by atoms with Crippen LogP contribution in [0.25, 0.3) is 0 Å². The first-order valence-electron chi connectivity index (χ1n) is 10.8. The molecule has 1 aromatic rings. The van der Waals surface area contributed by atoms with Gasteiger partial charge in [0, 0.05) is 0 Å². The highest BCUT2D eigenvalue weighted by molar-refractivity contribution is 5.23. The van der Waals surface area contributed by atoms with E-state index in [2.05, 4.69) is 24.3 Å². The second kappa shape index (κ2) is 15.0. The van der Waals surface area contributed by atoms with Gasteiger partial charge in [-0.05, 0) is 43.2 Å². The van der Waals surface area contributed by atoms with Crippen molar-refractivity contribution in [3.05, 3.63) is 35.4 Å². The highest BCUT2D eigenvalue weighted by Crippen LogP contribution is 2.15. The number of unbranched alkanes of at least 4 members (excludes halogenated alkanes) is 9. The van der Waals surface area contributed by atoms with Gasteiger partial charge in [0.05, 0.1) is 25.4 Å². The predicted octanol–water partition coefficient (Wildman–Crippen LogP) is 4.71. The number of aliphatic hydroxyl groups excluding tert-OH is 2. The Kier molecular flexibility index (Phi) is 13.4. The first kappa shape index (κ1) is 24.1. The van der Waals surface area contributed by atoms with Crippen molar-refractivity contribution in [1.82, 2.24) is 0 Å². The van der Waals surface area contributed by atoms with Crippen LogP contribution >= 0.6 is 0 Å². The van der Waals surface area contributed by atoms with Crippen LogP contribution in [-0.4, -0.2) is 35.6 Å². The van der Waals surface area contributed by atoms with E-state index in [4.69, 9.17) is 5.73 Å². The average molecular weight is 382 g/mol. The van der Waals surface area contributed by atoms with Gasteiger partial charge in [-0.25, -0.2) is 0 Å². The molecule has 0 saturated carbocycles. The molecule has 0 atom stereocenters. The SMILES string of the molecule is NC(CO)(CO)CCc1ccc(CCCCCCCCCCCCF)cc1. The molecule has 0 fully saturated rings. The Labute approximate surface area is 165 Å². The zero-order valence-electron chi connectivity index (χ0n) is 17.0. The molecule has 4 heteroatoms. The molecule has 0 spiro atoms. The summed E-state index contributed by atoms with van der Waals surface area (Å²) >= 11 is 0. The lowest BCUT2D eigenvalue weighted by atomic mass is 9.93. The quantitative estimate of drug-likeness (QED) is 0.342. The number of aryl methyl sites for hydroxylation is 2. The summed E-state index contributed by atoms with van der Waals surface area (Å²) in [6, 6.07) is 8.63. The molecule has 0 bridgehead atoms. The van der Waals surface area contributed by atoms with Crippen LogP contribution in [0.4, 0.5) is 4.39 Å². The van der Waals surface area contributed by atoms with E-state index in [0.717, 1.165) is 25.7 Å². The van der Waals surface area contributed by atoms with Gasteiger partial charge in [-0.2, -0.15) is 0 Å². The third-order valence-electron chi connectivity index (χ3n) is 5.41. The molecule has 0 aliphatic heterocycles. The van der Waals surface area contributed by atoms with Gasteiger partial charge in [0.25, 0.3) is 0 Å². The molecule has 0 amide bonds. The molecule has 0 heterocycles. The van der Waals surface area contributed by atoms with Gasteiger partial charge in [-0.15, -0.1) is 0 Å². The lowest BCUT2D eigenvalue weighted by molar-refractivity contribution is 0.115. The molecule has 0 aliphatic carbocycles. The van der Waals surface area contributed by atoms with E-state index < -0.39 is 5.54 Å². The van der Waals surface area contributed by atoms with Gasteiger partial charge in [0.1, 0.15) is 0 Å². The van der Waals surface area contributed by atoms with Crippen LogP contribution in [0.2, 0.25) is 0 Å². The van der Waals surface area contributed by atoms with Gasteiger partial charge in [-0.3, -0.25) is 4.39 Å². The summed E-state index contributed by atoms with van der Waals surface area (Å²) in [7, 11) is 0. The maximum atomic E-state index is 12.0. The first-order chi connectivity index (χ1) is 13.1. The monoisotopic (exact) mass is 381 g/mol. The van der Waals surface area contributed by atoms with E-state index in [1.807, 2.05) is 0 Å². The second-order valence-corrected chi connectivity index (χ2v) is 7.97. The Morgan fingerprint density at radius 3 is 1.52 bits per heavy atom. The molecule has 4 N–H and O–H groups in total. The summed E-state index contributed by atoms with van der Waals surface area (Å²) in [5.74, 6) is 0. The van der Waals surface area contributed by atoms with Crippen LogP contribution < -0.4 is 5.73 Å². The summed E-state index contributed by atoms with van der Waals surface area (Å²) in [6.45, 7) is -0.550. The third kappa shape index (κ3) is 11.5. The maximum absolute atomic E-state index is 12.0. The molecule has 3 nitrogen and oxygen atoms in total. The molecule has 0 aromatic heterocycles. The zero-order chi connectivity index (χ0) is 19.8. The van der Waals surface area contributed by atoms with E-state index in [1.165, 1.54) is 62.5 Å². The van der Waals surface area contributed by atoms with Gasteiger partial charge >= 0.3 is 0 Å². The van der Waals surface area contributed by atoms with E-state index >= 15 is 0 Å². The standard InChI is InChI=1S/C23H40FNO2/c24-18-10-8-6-4-2-1-3-5-7-9-11-21-12-14-22(15-13-21)16-17-23(25,19-26)20-27/h12-15,26-27H,1-11,16-20,25H2. The lowest BCUT2D eigenvalue weighted by Gasteiger charge is -2.24. The summed E-state index contributed by atoms with van der Waals surface area (Å²) in [4.78, 5) is 0. The molecule has 27 heavy (non-hydrogen) atoms. The Balaban J connectivity index is 2.06. The van der Waals surface area contributed by atoms with Crippen LogP contribution in [0.1, 0.15) is 81.8 Å². The molecular weight excluding hydrogens is 341 g/mol. The minimum absolute atomic E-state index is 0.162. The Hall–Kier alpha value is -0.970. The topological polar surface area (TPSA) is 66.5 Å². The van der Waals surface area contributed by atoms with Crippen LogP contribution in [0.15, 0.2) is 24.3 Å². The average Bonchev–Trinajstić information content (AvgIpc) is 2.71. The third-order valence-corrected chi connectivity index (χ3v) is 5.41. The highest BCUT2D eigenvalue weighted by Gasteiger charge is 2.22. The fourth-order valence-electron chi connectivity index (χ4n) is 3.31. The number of hydrogen-bond acceptors (Lipinski definition) is 3. The Morgan fingerprint density at radius 2 is 1.07 bits per heavy atom. The maximum Gasteiger partial charge on any atom is 0.0894 e. The smallest absolute Gasteiger partial charge is 0.0894 e. The van der Waals surface area contributed by atoms with Crippen molar-refractivity contribution in [3.63, 3.8) is 0 Å². The van der Waals surface area contributed by atoms with E-state index in [0.29, 0.717) is 6.42 Å². The fourth-order valence-corrected chi connectivity index (χ4v) is 3.31. The first-order valence-corrected chi connectivity index (χ1v) is 10.8. The number of benzene rings is 1. The summed E-state index contributed by atoms with van der Waals surface area (Å²) < 4.78 is 12.0. The molecule has 0 aliphatic rings. The van der Waals surface area contributed by atoms with Crippen molar-refractivity contribution < 1.29 is 14.6 Å². The largest absolute Gasteiger partial charge is 0.394 e. The number of alkyl halides is 1. The Bertz CT molecular complexity index is 460.